The number of furan rings is 1. The monoisotopic (exact) mass is 359 g/mol. The standard InChI is InChI=1S/C20H25NO5/c1-3-4-8-16-14(13-7-5-6-9-15(13)25-16)12-21(2)19(22)17-10-11-18(26-17)20(23)24/h5-7,9,17-18H,3-4,8,10-12H2,1-2H3,(H,23,24)/t17-,18+/m0/s1. The number of rotatable bonds is 7. The van der Waals surface area contributed by atoms with E-state index in [-0.39, 0.29) is 5.91 Å². The summed E-state index contributed by atoms with van der Waals surface area (Å²) in [6.07, 6.45) is 2.17. The van der Waals surface area contributed by atoms with Gasteiger partial charge in [-0.1, -0.05) is 31.5 Å². The van der Waals surface area contributed by atoms with Crippen LogP contribution in [0.1, 0.15) is 43.9 Å². The van der Waals surface area contributed by atoms with E-state index in [1.54, 1.807) is 11.9 Å². The van der Waals surface area contributed by atoms with Gasteiger partial charge in [-0.05, 0) is 25.3 Å². The highest BCUT2D eigenvalue weighted by Crippen LogP contribution is 2.29. The van der Waals surface area contributed by atoms with Crippen LogP contribution < -0.4 is 0 Å². The van der Waals surface area contributed by atoms with Gasteiger partial charge >= 0.3 is 5.97 Å². The Bertz CT molecular complexity index is 797. The van der Waals surface area contributed by atoms with Crippen molar-refractivity contribution < 1.29 is 23.8 Å². The zero-order valence-electron chi connectivity index (χ0n) is 15.2. The van der Waals surface area contributed by atoms with Crippen molar-refractivity contribution in [3.63, 3.8) is 0 Å². The minimum atomic E-state index is -1.01. The number of carbonyl (C=O) groups excluding carboxylic acids is 1. The van der Waals surface area contributed by atoms with E-state index in [0.29, 0.717) is 19.4 Å². The molecular weight excluding hydrogens is 334 g/mol. The zero-order chi connectivity index (χ0) is 18.7. The van der Waals surface area contributed by atoms with Crippen LogP contribution in [-0.2, 0) is 27.3 Å². The molecule has 1 amide bonds. The van der Waals surface area contributed by atoms with Crippen LogP contribution in [0.15, 0.2) is 28.7 Å². The average Bonchev–Trinajstić information content (AvgIpc) is 3.25. The summed E-state index contributed by atoms with van der Waals surface area (Å²) >= 11 is 0. The Kier molecular flexibility index (Phi) is 5.61. The molecule has 1 saturated heterocycles. The van der Waals surface area contributed by atoms with Crippen molar-refractivity contribution in [2.45, 2.75) is 57.8 Å². The van der Waals surface area contributed by atoms with Crippen molar-refractivity contribution in [1.29, 1.82) is 0 Å². The number of carbonyl (C=O) groups is 2. The molecular formula is C20H25NO5. The number of hydrogen-bond acceptors (Lipinski definition) is 4. The lowest BCUT2D eigenvalue weighted by Gasteiger charge is -2.21. The van der Waals surface area contributed by atoms with Crippen molar-refractivity contribution >= 4 is 22.8 Å². The Balaban J connectivity index is 1.77. The first-order chi connectivity index (χ1) is 12.5. The highest BCUT2D eigenvalue weighted by Gasteiger charge is 2.36. The predicted molar refractivity (Wildman–Crippen MR) is 96.8 cm³/mol. The molecule has 140 valence electrons. The summed E-state index contributed by atoms with van der Waals surface area (Å²) in [7, 11) is 1.73. The van der Waals surface area contributed by atoms with Crippen molar-refractivity contribution in [3.8, 4) is 0 Å². The molecule has 0 spiro atoms. The van der Waals surface area contributed by atoms with Gasteiger partial charge < -0.3 is 19.2 Å². The molecule has 6 nitrogen and oxygen atoms in total. The second-order valence-electron chi connectivity index (χ2n) is 6.83. The summed E-state index contributed by atoms with van der Waals surface area (Å²) in [5.74, 6) is -0.269. The number of amides is 1. The van der Waals surface area contributed by atoms with Gasteiger partial charge in [0.1, 0.15) is 17.4 Å². The van der Waals surface area contributed by atoms with Crippen molar-refractivity contribution in [2.24, 2.45) is 0 Å². The smallest absolute Gasteiger partial charge is 0.332 e. The molecule has 1 aliphatic rings. The van der Waals surface area contributed by atoms with Gasteiger partial charge in [-0.3, -0.25) is 4.79 Å². The molecule has 0 radical (unpaired) electrons. The number of hydrogen-bond donors (Lipinski definition) is 1. The summed E-state index contributed by atoms with van der Waals surface area (Å²) in [4.78, 5) is 25.3. The molecule has 6 heteroatoms. The molecule has 0 bridgehead atoms. The topological polar surface area (TPSA) is 80.0 Å². The molecule has 1 N–H and O–H groups in total. The third-order valence-corrected chi connectivity index (χ3v) is 4.88. The first-order valence-corrected chi connectivity index (χ1v) is 9.13. The number of fused-ring (bicyclic) bond motifs is 1. The molecule has 26 heavy (non-hydrogen) atoms. The van der Waals surface area contributed by atoms with E-state index in [1.807, 2.05) is 24.3 Å². The minimum Gasteiger partial charge on any atom is -0.479 e. The number of benzene rings is 1. The first kappa shape index (κ1) is 18.5. The van der Waals surface area contributed by atoms with E-state index in [4.69, 9.17) is 14.3 Å². The molecule has 1 aromatic carbocycles. The number of aliphatic carboxylic acids is 1. The first-order valence-electron chi connectivity index (χ1n) is 9.13. The fourth-order valence-corrected chi connectivity index (χ4v) is 3.42. The van der Waals surface area contributed by atoms with E-state index in [1.165, 1.54) is 0 Å². The maximum atomic E-state index is 12.7. The number of ether oxygens (including phenoxy) is 1. The molecule has 0 unspecified atom stereocenters. The van der Waals surface area contributed by atoms with E-state index < -0.39 is 18.2 Å². The predicted octanol–water partition coefficient (Wildman–Crippen LogP) is 3.37. The molecule has 1 aromatic heterocycles. The second kappa shape index (κ2) is 7.91. The van der Waals surface area contributed by atoms with E-state index in [0.717, 1.165) is 41.6 Å². The molecule has 0 saturated carbocycles. The van der Waals surface area contributed by atoms with Gasteiger partial charge in [0.2, 0.25) is 0 Å². The molecule has 2 heterocycles. The third kappa shape index (κ3) is 3.75. The van der Waals surface area contributed by atoms with Crippen molar-refractivity contribution in [3.05, 3.63) is 35.6 Å². The number of carboxylic acids is 1. The van der Waals surface area contributed by atoms with E-state index in [9.17, 15) is 9.59 Å². The Morgan fingerprint density at radius 1 is 1.23 bits per heavy atom. The second-order valence-corrected chi connectivity index (χ2v) is 6.83. The Morgan fingerprint density at radius 2 is 1.96 bits per heavy atom. The van der Waals surface area contributed by atoms with Crippen LogP contribution in [0.25, 0.3) is 11.0 Å². The summed E-state index contributed by atoms with van der Waals surface area (Å²) in [6.45, 7) is 2.56. The van der Waals surface area contributed by atoms with Gasteiger partial charge in [0.15, 0.2) is 6.10 Å². The fraction of sp³-hybridized carbons (Fsp3) is 0.500. The Hall–Kier alpha value is -2.34. The molecule has 1 fully saturated rings. The average molecular weight is 359 g/mol. The summed E-state index contributed by atoms with van der Waals surface area (Å²) in [5, 5.41) is 10.1. The van der Waals surface area contributed by atoms with E-state index in [2.05, 4.69) is 6.92 Å². The van der Waals surface area contributed by atoms with Crippen LogP contribution in [0.4, 0.5) is 0 Å². The number of carboxylic acid groups (broad SMARTS) is 1. The van der Waals surface area contributed by atoms with Gasteiger partial charge in [-0.15, -0.1) is 0 Å². The number of nitrogens with zero attached hydrogens (tertiary/aromatic N) is 1. The number of likely N-dealkylation sites (N-methyl/N-ethyl adjacent to an activating group) is 1. The molecule has 1 aliphatic heterocycles. The van der Waals surface area contributed by atoms with Gasteiger partial charge in [0.05, 0.1) is 0 Å². The molecule has 0 aliphatic carbocycles. The minimum absolute atomic E-state index is 0.180. The van der Waals surface area contributed by atoms with E-state index >= 15 is 0 Å². The fourth-order valence-electron chi connectivity index (χ4n) is 3.42. The zero-order valence-corrected chi connectivity index (χ0v) is 15.2. The SMILES string of the molecule is CCCCc1oc2ccccc2c1CN(C)C(=O)[C@@H]1CC[C@H](C(=O)O)O1. The number of unbranched alkanes of at least 4 members (excludes halogenated alkanes) is 1. The quantitative estimate of drug-likeness (QED) is 0.820. The largest absolute Gasteiger partial charge is 0.479 e. The lowest BCUT2D eigenvalue weighted by molar-refractivity contribution is -0.154. The van der Waals surface area contributed by atoms with Crippen molar-refractivity contribution in [2.75, 3.05) is 7.05 Å². The van der Waals surface area contributed by atoms with Crippen LogP contribution in [0.5, 0.6) is 0 Å². The summed E-state index contributed by atoms with van der Waals surface area (Å²) in [6, 6.07) is 7.85. The highest BCUT2D eigenvalue weighted by molar-refractivity contribution is 5.85. The summed E-state index contributed by atoms with van der Waals surface area (Å²) < 4.78 is 11.4. The number of aryl methyl sites for hydroxylation is 1. The molecule has 2 atom stereocenters. The normalized spacial score (nSPS) is 19.8. The maximum Gasteiger partial charge on any atom is 0.332 e. The van der Waals surface area contributed by atoms with Crippen LogP contribution in [-0.4, -0.2) is 41.1 Å². The van der Waals surface area contributed by atoms with Crippen LogP contribution >= 0.6 is 0 Å². The molecule has 3 rings (SSSR count). The summed E-state index contributed by atoms with van der Waals surface area (Å²) in [5.41, 5.74) is 1.86. The Morgan fingerprint density at radius 3 is 2.65 bits per heavy atom. The molecule has 2 aromatic rings. The van der Waals surface area contributed by atoms with Crippen molar-refractivity contribution in [1.82, 2.24) is 4.90 Å². The van der Waals surface area contributed by atoms with Gasteiger partial charge in [-0.25, -0.2) is 4.79 Å². The van der Waals surface area contributed by atoms with Gasteiger partial charge in [0.25, 0.3) is 5.91 Å². The van der Waals surface area contributed by atoms with Gasteiger partial charge in [0, 0.05) is 31.0 Å². The van der Waals surface area contributed by atoms with Crippen LogP contribution in [0.3, 0.4) is 0 Å². The van der Waals surface area contributed by atoms with Crippen LogP contribution in [0, 0.1) is 0 Å². The lowest BCUT2D eigenvalue weighted by Crippen LogP contribution is -2.36. The Labute approximate surface area is 152 Å². The third-order valence-electron chi connectivity index (χ3n) is 4.88. The highest BCUT2D eigenvalue weighted by atomic mass is 16.5. The van der Waals surface area contributed by atoms with Crippen LogP contribution in [0.2, 0.25) is 0 Å². The maximum absolute atomic E-state index is 12.7. The lowest BCUT2D eigenvalue weighted by atomic mass is 10.1. The van der Waals surface area contributed by atoms with Gasteiger partial charge in [-0.2, -0.15) is 0 Å². The number of para-hydroxylation sites is 1.